The molecule has 0 aromatic heterocycles. The van der Waals surface area contributed by atoms with Crippen LogP contribution in [0.4, 0.5) is 4.39 Å². The highest BCUT2D eigenvalue weighted by atomic mass is 19.2. The summed E-state index contributed by atoms with van der Waals surface area (Å²) in [5, 5.41) is 21.5. The number of carbonyl (C=O) groups excluding carboxylic acids is 5. The Labute approximate surface area is 375 Å². The Kier molecular flexibility index (Phi) is 20.1. The van der Waals surface area contributed by atoms with Gasteiger partial charge in [0, 0.05) is 57.8 Å². The fourth-order valence-corrected chi connectivity index (χ4v) is 9.75. The van der Waals surface area contributed by atoms with Crippen LogP contribution in [0.5, 0.6) is 0 Å². The number of alkyl halides is 1. The van der Waals surface area contributed by atoms with Gasteiger partial charge < -0.3 is 34.1 Å². The number of nitrogens with zero attached hydrogens (tertiary/aromatic N) is 1. The molecule has 2 N–H and O–H groups in total. The highest BCUT2D eigenvalue weighted by Crippen LogP contribution is 2.40. The van der Waals surface area contributed by atoms with Crippen molar-refractivity contribution in [3.63, 3.8) is 0 Å². The summed E-state index contributed by atoms with van der Waals surface area (Å²) in [4.78, 5) is 70.8. The number of ketones is 3. The topological polar surface area (TPSA) is 166 Å². The first-order chi connectivity index (χ1) is 29.8. The van der Waals surface area contributed by atoms with E-state index in [4.69, 9.17) is 18.9 Å². The number of Topliss-reactive ketones (excluding diaryl/α,β-unsaturated/α-hetero) is 3. The zero-order valence-corrected chi connectivity index (χ0v) is 39.3. The molecule has 0 spiro atoms. The van der Waals surface area contributed by atoms with E-state index in [9.17, 15) is 34.2 Å². The van der Waals surface area contributed by atoms with E-state index < -0.39 is 71.9 Å². The van der Waals surface area contributed by atoms with E-state index in [0.717, 1.165) is 16.9 Å². The predicted molar refractivity (Wildman–Crippen MR) is 238 cm³/mol. The minimum atomic E-state index is -2.92. The molecule has 3 aliphatic heterocycles. The van der Waals surface area contributed by atoms with Gasteiger partial charge in [-0.3, -0.25) is 19.2 Å². The summed E-state index contributed by atoms with van der Waals surface area (Å²) in [6, 6.07) is -1.18. The number of halogens is 1. The van der Waals surface area contributed by atoms with Crippen molar-refractivity contribution in [1.29, 1.82) is 0 Å². The van der Waals surface area contributed by atoms with Crippen LogP contribution in [0.15, 0.2) is 47.6 Å². The van der Waals surface area contributed by atoms with Crippen LogP contribution in [0.2, 0.25) is 0 Å². The number of esters is 1. The van der Waals surface area contributed by atoms with Crippen molar-refractivity contribution in [1.82, 2.24) is 4.90 Å². The number of aliphatic hydroxyl groups is 2. The zero-order valence-electron chi connectivity index (χ0n) is 39.3. The highest BCUT2D eigenvalue weighted by Gasteiger charge is 2.55. The van der Waals surface area contributed by atoms with Gasteiger partial charge in [-0.15, -0.1) is 0 Å². The van der Waals surface area contributed by atoms with Crippen molar-refractivity contribution in [2.75, 3.05) is 20.8 Å². The van der Waals surface area contributed by atoms with Crippen LogP contribution in [-0.2, 0) is 42.9 Å². The number of hydrogen-bond acceptors (Lipinski definition) is 11. The molecule has 0 aromatic rings. The summed E-state index contributed by atoms with van der Waals surface area (Å²) in [5.41, 5.74) is 1.34. The molecule has 1 aliphatic carbocycles. The number of cyclic esters (lactones) is 1. The SMILES string of the molecule is COC1C[C@@H]2CC[C@@H](C)C(F)(O2)C(=O)C(=O)N2CCCC[C@H]2C(=O)OC([C@H](C)C[C@@H]2CCC(O)C(OC)C2)CC(=O)[C@H](C)/C=C(\C)C(O)CC(=O)[C@H](C)C[C@H](C)/C=C/C=C/C=C/1C. The summed E-state index contributed by atoms with van der Waals surface area (Å²) in [6.45, 7) is 12.7. The summed E-state index contributed by atoms with van der Waals surface area (Å²) >= 11 is 0. The lowest BCUT2D eigenvalue weighted by molar-refractivity contribution is -0.231. The first-order valence-corrected chi connectivity index (χ1v) is 23.4. The summed E-state index contributed by atoms with van der Waals surface area (Å²) < 4.78 is 40.5. The molecule has 4 aliphatic rings. The highest BCUT2D eigenvalue weighted by molar-refractivity contribution is 6.39. The Balaban J connectivity index is 1.67. The quantitative estimate of drug-likeness (QED) is 0.159. The Morgan fingerprint density at radius 3 is 2.29 bits per heavy atom. The van der Waals surface area contributed by atoms with Gasteiger partial charge in [0.1, 0.15) is 23.7 Å². The maximum atomic E-state index is 17.0. The predicted octanol–water partition coefficient (Wildman–Crippen LogP) is 7.53. The second-order valence-electron chi connectivity index (χ2n) is 19.2. The third-order valence-electron chi connectivity index (χ3n) is 14.1. The third kappa shape index (κ3) is 14.3. The number of ether oxygens (including phenoxy) is 4. The number of aliphatic hydroxyl groups excluding tert-OH is 2. The Morgan fingerprint density at radius 1 is 0.857 bits per heavy atom. The molecule has 63 heavy (non-hydrogen) atoms. The van der Waals surface area contributed by atoms with Crippen LogP contribution in [0.1, 0.15) is 132 Å². The average molecular weight is 886 g/mol. The van der Waals surface area contributed by atoms with Crippen molar-refractivity contribution >= 4 is 29.2 Å². The van der Waals surface area contributed by atoms with Crippen molar-refractivity contribution in [2.24, 2.45) is 35.5 Å². The van der Waals surface area contributed by atoms with Crippen LogP contribution in [0, 0.1) is 35.5 Å². The fraction of sp³-hybridized carbons (Fsp3) is 0.740. The van der Waals surface area contributed by atoms with Gasteiger partial charge >= 0.3 is 5.97 Å². The second kappa shape index (κ2) is 24.2. The molecule has 4 rings (SSSR count). The molecule has 354 valence electrons. The average Bonchev–Trinajstić information content (AvgIpc) is 3.25. The lowest BCUT2D eigenvalue weighted by Crippen LogP contribution is -2.59. The number of piperidine rings is 1. The van der Waals surface area contributed by atoms with Crippen molar-refractivity contribution < 1.29 is 57.5 Å². The molecule has 0 aromatic carbocycles. The van der Waals surface area contributed by atoms with Gasteiger partial charge in [0.05, 0.1) is 30.5 Å². The molecule has 12 nitrogen and oxygen atoms in total. The number of carbonyl (C=O) groups is 5. The molecule has 6 unspecified atom stereocenters. The van der Waals surface area contributed by atoms with Gasteiger partial charge in [0.15, 0.2) is 0 Å². The minimum Gasteiger partial charge on any atom is -0.460 e. The second-order valence-corrected chi connectivity index (χ2v) is 19.2. The van der Waals surface area contributed by atoms with E-state index in [1.165, 1.54) is 0 Å². The van der Waals surface area contributed by atoms with Crippen molar-refractivity contribution in [3.05, 3.63) is 47.6 Å². The van der Waals surface area contributed by atoms with Gasteiger partial charge in [-0.05, 0) is 107 Å². The molecular weight excluding hydrogens is 810 g/mol. The lowest BCUT2D eigenvalue weighted by Gasteiger charge is -2.41. The molecule has 1 amide bonds. The van der Waals surface area contributed by atoms with Gasteiger partial charge in [0.25, 0.3) is 17.5 Å². The summed E-state index contributed by atoms with van der Waals surface area (Å²) in [7, 11) is 3.11. The number of allylic oxidation sites excluding steroid dienone is 6. The Morgan fingerprint density at radius 2 is 1.59 bits per heavy atom. The van der Waals surface area contributed by atoms with Gasteiger partial charge in [-0.25, -0.2) is 9.18 Å². The largest absolute Gasteiger partial charge is 0.460 e. The van der Waals surface area contributed by atoms with Crippen LogP contribution < -0.4 is 0 Å². The van der Waals surface area contributed by atoms with Gasteiger partial charge in [-0.2, -0.15) is 0 Å². The summed E-state index contributed by atoms with van der Waals surface area (Å²) in [6.07, 6.45) is 12.1. The fourth-order valence-electron chi connectivity index (χ4n) is 9.75. The number of methoxy groups -OCH3 is 2. The molecule has 0 radical (unpaired) electrons. The van der Waals surface area contributed by atoms with Gasteiger partial charge in [-0.1, -0.05) is 71.1 Å². The molecule has 2 saturated heterocycles. The molecular formula is C50H76FNO11. The van der Waals surface area contributed by atoms with E-state index in [1.54, 1.807) is 41.1 Å². The van der Waals surface area contributed by atoms with Crippen molar-refractivity contribution in [2.45, 2.75) is 180 Å². The number of fused-ring (bicyclic) bond motifs is 3. The molecule has 13 heteroatoms. The maximum absolute atomic E-state index is 17.0. The zero-order chi connectivity index (χ0) is 46.6. The van der Waals surface area contributed by atoms with E-state index in [2.05, 4.69) is 0 Å². The first kappa shape index (κ1) is 52.3. The molecule has 14 atom stereocenters. The minimum absolute atomic E-state index is 0.0439. The van der Waals surface area contributed by atoms with Crippen LogP contribution in [0.3, 0.4) is 0 Å². The summed E-state index contributed by atoms with van der Waals surface area (Å²) in [5.74, 6) is -8.57. The van der Waals surface area contributed by atoms with Crippen molar-refractivity contribution in [3.8, 4) is 0 Å². The maximum Gasteiger partial charge on any atom is 0.329 e. The number of amides is 1. The Hall–Kier alpha value is -3.36. The van der Waals surface area contributed by atoms with E-state index in [1.807, 2.05) is 58.1 Å². The van der Waals surface area contributed by atoms with E-state index >= 15 is 4.39 Å². The monoisotopic (exact) mass is 886 g/mol. The number of rotatable bonds is 5. The van der Waals surface area contributed by atoms with Crippen LogP contribution >= 0.6 is 0 Å². The normalized spacial score (nSPS) is 40.1. The molecule has 3 fully saturated rings. The number of hydrogen-bond donors (Lipinski definition) is 2. The Bertz CT molecular complexity index is 1710. The van der Waals surface area contributed by atoms with E-state index in [0.29, 0.717) is 56.9 Å². The first-order valence-electron chi connectivity index (χ1n) is 23.4. The lowest BCUT2D eigenvalue weighted by atomic mass is 9.78. The van der Waals surface area contributed by atoms with Crippen LogP contribution in [0.25, 0.3) is 0 Å². The molecule has 3 heterocycles. The standard InChI is InChI=1S/C50H76FNO11/c1-30-15-11-10-12-16-31(2)44(60-8)27-38-20-18-36(7)50(51,63-38)47(57)48(58)52-22-14-13-17-39(52)49(59)62-45(35(6)25-37-19-21-40(53)46(26-37)61-9)29-43(56)34(5)24-33(4)42(55)28-41(54)32(3)23-30/h10-12,15-16,24,30,32,34-40,42,44-46,53,55H,13-14,17-23,25-29H2,1-9H3/b12-10+,15-11+,31-16+,33-24+/t30-,32-,34-,35-,36-,37+,38+,39+,40?,42?,44?,45?,46?,50?/m1/s1. The smallest absolute Gasteiger partial charge is 0.329 e. The molecule has 1 saturated carbocycles. The third-order valence-corrected chi connectivity index (χ3v) is 14.1. The van der Waals surface area contributed by atoms with Crippen LogP contribution in [-0.4, -0.2) is 114 Å². The van der Waals surface area contributed by atoms with E-state index in [-0.39, 0.29) is 73.6 Å². The molecule has 2 bridgehead atoms. The van der Waals surface area contributed by atoms with Gasteiger partial charge in [0.2, 0.25) is 0 Å².